The number of rotatable bonds is 4. The maximum absolute atomic E-state index is 11.9. The number of sulfonamides is 1. The molecule has 0 atom stereocenters. The van der Waals surface area contributed by atoms with Crippen molar-refractivity contribution in [1.82, 2.24) is 14.0 Å². The Labute approximate surface area is 123 Å². The van der Waals surface area contributed by atoms with Gasteiger partial charge in [0.15, 0.2) is 0 Å². The van der Waals surface area contributed by atoms with Crippen molar-refractivity contribution in [1.29, 1.82) is 0 Å². The first-order chi connectivity index (χ1) is 9.03. The van der Waals surface area contributed by atoms with E-state index in [1.54, 1.807) is 20.8 Å². The van der Waals surface area contributed by atoms with Gasteiger partial charge in [0.2, 0.25) is 10.0 Å². The second kappa shape index (κ2) is 6.04. The minimum absolute atomic E-state index is 0.0110. The Morgan fingerprint density at radius 3 is 2.45 bits per heavy atom. The molecule has 10 heteroatoms. The second-order valence-corrected chi connectivity index (χ2v) is 7.61. The molecule has 0 aromatic carbocycles. The van der Waals surface area contributed by atoms with Crippen molar-refractivity contribution >= 4 is 33.9 Å². The molecule has 20 heavy (non-hydrogen) atoms. The fourth-order valence-electron chi connectivity index (χ4n) is 1.46. The number of nitrogens with zero attached hydrogens (tertiary/aromatic N) is 2. The van der Waals surface area contributed by atoms with Gasteiger partial charge in [-0.3, -0.25) is 0 Å². The van der Waals surface area contributed by atoms with E-state index in [0.29, 0.717) is 4.31 Å². The normalized spacial score (nSPS) is 16.5. The standard InChI is InChI=1S/C10H18ClN3O5S/c1-10(2,3)19-8(15)12-4-7-20(17,18)14-6-5-13(11)9(14)16/h4-7H2,1-3H3,(H,12,15). The zero-order valence-corrected chi connectivity index (χ0v) is 13.1. The van der Waals surface area contributed by atoms with Crippen molar-refractivity contribution in [3.05, 3.63) is 0 Å². The fourth-order valence-corrected chi connectivity index (χ4v) is 2.94. The van der Waals surface area contributed by atoms with Crippen LogP contribution in [0, 0.1) is 0 Å². The summed E-state index contributed by atoms with van der Waals surface area (Å²) in [6.45, 7) is 5.09. The lowest BCUT2D eigenvalue weighted by atomic mass is 10.2. The summed E-state index contributed by atoms with van der Waals surface area (Å²) in [5.41, 5.74) is -0.660. The summed E-state index contributed by atoms with van der Waals surface area (Å²) in [6.07, 6.45) is -0.709. The molecule has 3 amide bonds. The van der Waals surface area contributed by atoms with Crippen LogP contribution < -0.4 is 5.32 Å². The van der Waals surface area contributed by atoms with E-state index in [1.807, 2.05) is 0 Å². The quantitative estimate of drug-likeness (QED) is 0.768. The van der Waals surface area contributed by atoms with Gasteiger partial charge in [-0.2, -0.15) is 0 Å². The number of hydrogen-bond donors (Lipinski definition) is 1. The third kappa shape index (κ3) is 4.71. The van der Waals surface area contributed by atoms with Gasteiger partial charge in [-0.1, -0.05) is 0 Å². The van der Waals surface area contributed by atoms with Gasteiger partial charge in [-0.05, 0) is 20.8 Å². The number of ether oxygens (including phenoxy) is 1. The van der Waals surface area contributed by atoms with Crippen molar-refractivity contribution in [3.8, 4) is 0 Å². The molecule has 1 heterocycles. The number of amides is 3. The molecule has 8 nitrogen and oxygen atoms in total. The van der Waals surface area contributed by atoms with Gasteiger partial charge in [-0.15, -0.1) is 0 Å². The molecule has 116 valence electrons. The highest BCUT2D eigenvalue weighted by Crippen LogP contribution is 2.15. The molecule has 1 rings (SSSR count). The first-order valence-electron chi connectivity index (χ1n) is 5.97. The van der Waals surface area contributed by atoms with Crippen LogP contribution in [0.25, 0.3) is 0 Å². The molecular weight excluding hydrogens is 310 g/mol. The van der Waals surface area contributed by atoms with Crippen molar-refractivity contribution < 1.29 is 22.7 Å². The highest BCUT2D eigenvalue weighted by molar-refractivity contribution is 7.89. The molecule has 0 unspecified atom stereocenters. The van der Waals surface area contributed by atoms with Crippen LogP contribution in [0.1, 0.15) is 20.8 Å². The molecule has 1 fully saturated rings. The molecule has 0 bridgehead atoms. The summed E-state index contributed by atoms with van der Waals surface area (Å²) in [4.78, 5) is 22.8. The Morgan fingerprint density at radius 2 is 2.00 bits per heavy atom. The minimum atomic E-state index is -3.79. The number of alkyl carbamates (subject to hydrolysis) is 1. The zero-order chi connectivity index (χ0) is 15.6. The SMILES string of the molecule is CC(C)(C)OC(=O)NCCS(=O)(=O)N1CCN(Cl)C1=O. The van der Waals surface area contributed by atoms with Crippen LogP contribution in [0.2, 0.25) is 0 Å². The highest BCUT2D eigenvalue weighted by Gasteiger charge is 2.36. The van der Waals surface area contributed by atoms with Crippen LogP contribution >= 0.6 is 11.8 Å². The Balaban J connectivity index is 2.45. The Kier molecular flexibility index (Phi) is 5.09. The molecule has 0 spiro atoms. The van der Waals surface area contributed by atoms with Gasteiger partial charge >= 0.3 is 12.1 Å². The van der Waals surface area contributed by atoms with Gasteiger partial charge in [0.25, 0.3) is 0 Å². The van der Waals surface area contributed by atoms with E-state index >= 15 is 0 Å². The van der Waals surface area contributed by atoms with E-state index in [2.05, 4.69) is 5.32 Å². The zero-order valence-electron chi connectivity index (χ0n) is 11.6. The topological polar surface area (TPSA) is 96.0 Å². The molecule has 0 aliphatic carbocycles. The number of carbonyl (C=O) groups excluding carboxylic acids is 2. The largest absolute Gasteiger partial charge is 0.444 e. The maximum Gasteiger partial charge on any atom is 0.407 e. The molecule has 1 N–H and O–H groups in total. The molecule has 1 saturated heterocycles. The number of nitrogens with one attached hydrogen (secondary N) is 1. The number of carbonyl (C=O) groups is 2. The second-order valence-electron chi connectivity index (χ2n) is 5.19. The predicted molar refractivity (Wildman–Crippen MR) is 72.7 cm³/mol. The fraction of sp³-hybridized carbons (Fsp3) is 0.800. The van der Waals surface area contributed by atoms with Crippen molar-refractivity contribution in [2.45, 2.75) is 26.4 Å². The molecule has 0 radical (unpaired) electrons. The molecule has 0 aromatic rings. The Morgan fingerprint density at radius 1 is 1.40 bits per heavy atom. The summed E-state index contributed by atoms with van der Waals surface area (Å²) in [5.74, 6) is -0.400. The highest BCUT2D eigenvalue weighted by atomic mass is 35.5. The monoisotopic (exact) mass is 327 g/mol. The van der Waals surface area contributed by atoms with Crippen LogP contribution in [0.3, 0.4) is 0 Å². The van der Waals surface area contributed by atoms with E-state index in [0.717, 1.165) is 4.42 Å². The summed E-state index contributed by atoms with van der Waals surface area (Å²) in [6, 6.07) is -0.774. The van der Waals surface area contributed by atoms with Crippen LogP contribution in [0.15, 0.2) is 0 Å². The van der Waals surface area contributed by atoms with E-state index in [-0.39, 0.29) is 19.6 Å². The number of urea groups is 1. The summed E-state index contributed by atoms with van der Waals surface area (Å²) < 4.78 is 30.2. The van der Waals surface area contributed by atoms with Crippen molar-refractivity contribution in [2.75, 3.05) is 25.4 Å². The average molecular weight is 328 g/mol. The Hall–Kier alpha value is -1.22. The van der Waals surface area contributed by atoms with E-state index in [1.165, 1.54) is 0 Å². The first kappa shape index (κ1) is 16.8. The lowest BCUT2D eigenvalue weighted by molar-refractivity contribution is 0.0531. The van der Waals surface area contributed by atoms with Crippen LogP contribution in [0.4, 0.5) is 9.59 Å². The van der Waals surface area contributed by atoms with E-state index < -0.39 is 33.5 Å². The van der Waals surface area contributed by atoms with Gasteiger partial charge in [0, 0.05) is 18.3 Å². The van der Waals surface area contributed by atoms with E-state index in [9.17, 15) is 18.0 Å². The third-order valence-electron chi connectivity index (χ3n) is 2.28. The van der Waals surface area contributed by atoms with Gasteiger partial charge < -0.3 is 10.1 Å². The number of halogens is 1. The van der Waals surface area contributed by atoms with E-state index in [4.69, 9.17) is 16.5 Å². The lowest BCUT2D eigenvalue weighted by Gasteiger charge is -2.20. The molecule has 0 aromatic heterocycles. The van der Waals surface area contributed by atoms with Crippen molar-refractivity contribution in [3.63, 3.8) is 0 Å². The first-order valence-corrected chi connectivity index (χ1v) is 7.92. The smallest absolute Gasteiger partial charge is 0.407 e. The predicted octanol–water partition coefficient (Wildman–Crippen LogP) is 0.732. The Bertz CT molecular complexity index is 488. The summed E-state index contributed by atoms with van der Waals surface area (Å²) in [5, 5.41) is 2.32. The van der Waals surface area contributed by atoms with Gasteiger partial charge in [-0.25, -0.2) is 26.7 Å². The molecule has 1 aliphatic rings. The van der Waals surface area contributed by atoms with Crippen molar-refractivity contribution in [2.24, 2.45) is 0 Å². The van der Waals surface area contributed by atoms with Gasteiger partial charge in [0.1, 0.15) is 5.60 Å². The van der Waals surface area contributed by atoms with Crippen LogP contribution in [-0.2, 0) is 14.8 Å². The number of hydrogen-bond acceptors (Lipinski definition) is 5. The maximum atomic E-state index is 11.9. The van der Waals surface area contributed by atoms with Crippen LogP contribution in [0.5, 0.6) is 0 Å². The average Bonchev–Trinajstić information content (AvgIpc) is 2.57. The molecular formula is C10H18ClN3O5S. The molecule has 1 aliphatic heterocycles. The lowest BCUT2D eigenvalue weighted by Crippen LogP contribution is -2.40. The minimum Gasteiger partial charge on any atom is -0.444 e. The van der Waals surface area contributed by atoms with Gasteiger partial charge in [0.05, 0.1) is 18.8 Å². The summed E-state index contributed by atoms with van der Waals surface area (Å²) >= 11 is 5.51. The summed E-state index contributed by atoms with van der Waals surface area (Å²) in [7, 11) is -3.79. The molecule has 0 saturated carbocycles. The van der Waals surface area contributed by atoms with Crippen LogP contribution in [-0.4, -0.2) is 60.3 Å². The third-order valence-corrected chi connectivity index (χ3v) is 4.33.